The Bertz CT molecular complexity index is 1290. The second kappa shape index (κ2) is 8.41. The van der Waals surface area contributed by atoms with Crippen LogP contribution in [-0.4, -0.2) is 50.6 Å². The highest BCUT2D eigenvalue weighted by atomic mass is 35.5. The summed E-state index contributed by atoms with van der Waals surface area (Å²) in [5, 5.41) is 7.31. The highest BCUT2D eigenvalue weighted by Crippen LogP contribution is 2.27. The number of benzene rings is 1. The summed E-state index contributed by atoms with van der Waals surface area (Å²) in [5.74, 6) is -0.690. The third kappa shape index (κ3) is 4.31. The van der Waals surface area contributed by atoms with E-state index in [1.807, 2.05) is 18.3 Å². The number of nitrogens with zero attached hydrogens (tertiary/aromatic N) is 4. The minimum absolute atomic E-state index is 0.215. The topological polar surface area (TPSA) is 116 Å². The molecule has 9 nitrogen and oxygen atoms in total. The van der Waals surface area contributed by atoms with Gasteiger partial charge in [0, 0.05) is 25.7 Å². The summed E-state index contributed by atoms with van der Waals surface area (Å²) >= 11 is 6.27. The van der Waals surface area contributed by atoms with Gasteiger partial charge in [-0.2, -0.15) is 4.98 Å². The van der Waals surface area contributed by atoms with Gasteiger partial charge in [0.05, 0.1) is 29.3 Å². The molecule has 31 heavy (non-hydrogen) atoms. The van der Waals surface area contributed by atoms with Crippen LogP contribution in [0.5, 0.6) is 0 Å². The van der Waals surface area contributed by atoms with Crippen LogP contribution in [-0.2, 0) is 4.79 Å². The molecule has 0 saturated carbocycles. The fraction of sp³-hybridized carbons (Fsp3) is 0.0952. The summed E-state index contributed by atoms with van der Waals surface area (Å²) in [7, 11) is 3.05. The molecule has 0 radical (unpaired) electrons. The van der Waals surface area contributed by atoms with Gasteiger partial charge >= 0.3 is 0 Å². The van der Waals surface area contributed by atoms with E-state index in [9.17, 15) is 9.59 Å². The van der Waals surface area contributed by atoms with Gasteiger partial charge in [-0.3, -0.25) is 9.59 Å². The number of carbonyl (C=O) groups is 2. The third-order valence-corrected chi connectivity index (χ3v) is 4.70. The third-order valence-electron chi connectivity index (χ3n) is 4.43. The first-order valence-electron chi connectivity index (χ1n) is 9.27. The molecule has 0 bridgehead atoms. The number of likely N-dealkylation sites (N-methyl/N-ethyl adjacent to an activating group) is 1. The molecule has 3 heterocycles. The average Bonchev–Trinajstić information content (AvgIpc) is 3.23. The van der Waals surface area contributed by atoms with Gasteiger partial charge < -0.3 is 20.5 Å². The number of amides is 1. The number of ketones is 1. The summed E-state index contributed by atoms with van der Waals surface area (Å²) in [6, 6.07) is 10.5. The number of hydrogen-bond donors (Lipinski definition) is 3. The van der Waals surface area contributed by atoms with Crippen molar-refractivity contribution in [1.82, 2.24) is 24.8 Å². The van der Waals surface area contributed by atoms with Gasteiger partial charge in [-0.15, -0.1) is 0 Å². The molecule has 0 aliphatic carbocycles. The van der Waals surface area contributed by atoms with Crippen molar-refractivity contribution >= 4 is 57.5 Å². The Balaban J connectivity index is 1.61. The van der Waals surface area contributed by atoms with Gasteiger partial charge in [-0.05, 0) is 24.3 Å². The number of nitrogens with one attached hydrogen (secondary N) is 3. The van der Waals surface area contributed by atoms with Gasteiger partial charge in [0.1, 0.15) is 10.7 Å². The lowest BCUT2D eigenvalue weighted by Crippen LogP contribution is -2.30. The summed E-state index contributed by atoms with van der Waals surface area (Å²) in [5.41, 5.74) is 2.10. The zero-order valence-electron chi connectivity index (χ0n) is 16.7. The monoisotopic (exact) mass is 435 g/mol. The molecule has 1 amide bonds. The molecule has 0 aliphatic heterocycles. The Hall–Kier alpha value is -3.98. The van der Waals surface area contributed by atoms with Crippen molar-refractivity contribution in [3.63, 3.8) is 0 Å². The minimum atomic E-state index is -0.637. The van der Waals surface area contributed by atoms with Crippen LogP contribution in [0.3, 0.4) is 0 Å². The van der Waals surface area contributed by atoms with Gasteiger partial charge in [0.2, 0.25) is 5.95 Å². The normalized spacial score (nSPS) is 10.7. The SMILES string of the molecule is CN(C)C(=O)C(=O)c1ccccc1Nc1nc(Nc2cnc3[nH]ccc3c2)ncc1Cl. The van der Waals surface area contributed by atoms with Crippen LogP contribution < -0.4 is 10.6 Å². The first kappa shape index (κ1) is 20.3. The average molecular weight is 436 g/mol. The number of carbonyl (C=O) groups excluding carboxylic acids is 2. The molecule has 3 aromatic heterocycles. The number of anilines is 4. The van der Waals surface area contributed by atoms with Crippen LogP contribution in [0.1, 0.15) is 10.4 Å². The number of aromatic amines is 1. The predicted octanol–water partition coefficient (Wildman–Crippen LogP) is 3.76. The summed E-state index contributed by atoms with van der Waals surface area (Å²) in [4.78, 5) is 41.9. The van der Waals surface area contributed by atoms with E-state index < -0.39 is 11.7 Å². The number of hydrogen-bond acceptors (Lipinski definition) is 7. The van der Waals surface area contributed by atoms with Crippen molar-refractivity contribution < 1.29 is 9.59 Å². The first-order chi connectivity index (χ1) is 14.9. The maximum atomic E-state index is 12.6. The Labute approximate surface area is 182 Å². The summed E-state index contributed by atoms with van der Waals surface area (Å²) in [6.07, 6.45) is 4.91. The second-order valence-electron chi connectivity index (χ2n) is 6.85. The van der Waals surface area contributed by atoms with Gasteiger partial charge in [0.25, 0.3) is 11.7 Å². The highest BCUT2D eigenvalue weighted by Gasteiger charge is 2.21. The van der Waals surface area contributed by atoms with Crippen molar-refractivity contribution in [1.29, 1.82) is 0 Å². The summed E-state index contributed by atoms with van der Waals surface area (Å²) in [6.45, 7) is 0. The van der Waals surface area contributed by atoms with Crippen LogP contribution in [0.4, 0.5) is 23.1 Å². The number of para-hydroxylation sites is 1. The molecule has 0 spiro atoms. The Kier molecular flexibility index (Phi) is 5.50. The lowest BCUT2D eigenvalue weighted by Gasteiger charge is -2.14. The number of H-pyrrole nitrogens is 1. The van der Waals surface area contributed by atoms with Crippen molar-refractivity contribution in [2.75, 3.05) is 24.7 Å². The lowest BCUT2D eigenvalue weighted by molar-refractivity contribution is -0.124. The van der Waals surface area contributed by atoms with Crippen LogP contribution in [0.2, 0.25) is 5.02 Å². The first-order valence-corrected chi connectivity index (χ1v) is 9.65. The molecule has 10 heteroatoms. The maximum Gasteiger partial charge on any atom is 0.294 e. The molecule has 0 saturated heterocycles. The maximum absolute atomic E-state index is 12.6. The zero-order chi connectivity index (χ0) is 22.0. The molecule has 3 N–H and O–H groups in total. The van der Waals surface area contributed by atoms with E-state index in [2.05, 4.69) is 30.6 Å². The van der Waals surface area contributed by atoms with Crippen molar-refractivity contribution in [3.8, 4) is 0 Å². The fourth-order valence-corrected chi connectivity index (χ4v) is 3.03. The number of Topliss-reactive ketones (excluding diaryl/α,β-unsaturated/α-hetero) is 1. The minimum Gasteiger partial charge on any atom is -0.346 e. The number of rotatable bonds is 6. The van der Waals surface area contributed by atoms with E-state index >= 15 is 0 Å². The standard InChI is InChI=1S/C21H18ClN7O2/c1-29(2)20(31)17(30)14-5-3-4-6-16(14)27-19-15(22)11-25-21(28-19)26-13-9-12-7-8-23-18(12)24-10-13/h3-11H,1-2H3,(H,23,24)(H2,25,26,27,28). The molecule has 4 rings (SSSR count). The molecule has 0 fully saturated rings. The number of halogens is 1. The van der Waals surface area contributed by atoms with E-state index in [-0.39, 0.29) is 22.4 Å². The van der Waals surface area contributed by atoms with E-state index in [1.165, 1.54) is 25.2 Å². The molecular weight excluding hydrogens is 418 g/mol. The van der Waals surface area contributed by atoms with Crippen LogP contribution in [0, 0.1) is 0 Å². The lowest BCUT2D eigenvalue weighted by atomic mass is 10.1. The molecule has 0 unspecified atom stereocenters. The smallest absolute Gasteiger partial charge is 0.294 e. The van der Waals surface area contributed by atoms with Gasteiger partial charge in [-0.1, -0.05) is 23.7 Å². The van der Waals surface area contributed by atoms with E-state index in [0.29, 0.717) is 11.4 Å². The molecule has 1 aromatic carbocycles. The largest absolute Gasteiger partial charge is 0.346 e. The molecular formula is C21H18ClN7O2. The molecule has 156 valence electrons. The Morgan fingerprint density at radius 3 is 2.68 bits per heavy atom. The molecule has 0 atom stereocenters. The quantitative estimate of drug-likeness (QED) is 0.312. The Morgan fingerprint density at radius 1 is 1.06 bits per heavy atom. The zero-order valence-corrected chi connectivity index (χ0v) is 17.4. The van der Waals surface area contributed by atoms with Crippen molar-refractivity contribution in [2.24, 2.45) is 0 Å². The second-order valence-corrected chi connectivity index (χ2v) is 7.26. The van der Waals surface area contributed by atoms with E-state index in [4.69, 9.17) is 11.6 Å². The number of fused-ring (bicyclic) bond motifs is 1. The van der Waals surface area contributed by atoms with Crippen LogP contribution >= 0.6 is 11.6 Å². The van der Waals surface area contributed by atoms with Crippen LogP contribution in [0.25, 0.3) is 11.0 Å². The van der Waals surface area contributed by atoms with Gasteiger partial charge in [-0.25, -0.2) is 9.97 Å². The van der Waals surface area contributed by atoms with Crippen LogP contribution in [0.15, 0.2) is 55.0 Å². The van der Waals surface area contributed by atoms with E-state index in [1.54, 1.807) is 30.5 Å². The number of pyridine rings is 1. The van der Waals surface area contributed by atoms with Crippen molar-refractivity contribution in [2.45, 2.75) is 0 Å². The molecule has 0 aliphatic rings. The Morgan fingerprint density at radius 2 is 1.87 bits per heavy atom. The molecule has 4 aromatic rings. The van der Waals surface area contributed by atoms with E-state index in [0.717, 1.165) is 11.0 Å². The number of aromatic nitrogens is 4. The fourth-order valence-electron chi connectivity index (χ4n) is 2.89. The summed E-state index contributed by atoms with van der Waals surface area (Å²) < 4.78 is 0. The van der Waals surface area contributed by atoms with Crippen molar-refractivity contribution in [3.05, 3.63) is 65.6 Å². The van der Waals surface area contributed by atoms with Gasteiger partial charge in [0.15, 0.2) is 5.82 Å². The highest BCUT2D eigenvalue weighted by molar-refractivity contribution is 6.43. The predicted molar refractivity (Wildman–Crippen MR) is 119 cm³/mol.